The molecule has 0 aliphatic heterocycles. The molecule has 0 fully saturated rings. The number of hydrogen-bond donors (Lipinski definition) is 1. The van der Waals surface area contributed by atoms with Crippen molar-refractivity contribution in [1.29, 1.82) is 0 Å². The molecule has 0 saturated heterocycles. The van der Waals surface area contributed by atoms with E-state index in [2.05, 4.69) is 25.8 Å². The summed E-state index contributed by atoms with van der Waals surface area (Å²) in [5, 5.41) is 9.03. The standard InChI is InChI=1S/C16H14BrN3O3/c1-18-14-5-6-15(19-16(14)20(2)7-8-21)23-12-3-4-13(17)11(9-12)10-22/h3-6,9-10,21H,7-8H2,2H3. The molecule has 7 heteroatoms. The lowest BCUT2D eigenvalue weighted by Gasteiger charge is -2.19. The molecule has 1 N–H and O–H groups in total. The number of hydrogen-bond acceptors (Lipinski definition) is 5. The van der Waals surface area contributed by atoms with Crippen LogP contribution in [0.1, 0.15) is 10.4 Å². The molecule has 6 nitrogen and oxygen atoms in total. The third-order valence-electron chi connectivity index (χ3n) is 3.06. The van der Waals surface area contributed by atoms with Crippen LogP contribution in [0.4, 0.5) is 11.5 Å². The molecule has 0 radical (unpaired) electrons. The number of aromatic nitrogens is 1. The highest BCUT2D eigenvalue weighted by atomic mass is 79.9. The number of ether oxygens (including phenoxy) is 1. The first-order valence-corrected chi connectivity index (χ1v) is 7.51. The average Bonchev–Trinajstić information content (AvgIpc) is 2.56. The number of pyridine rings is 1. The van der Waals surface area contributed by atoms with Gasteiger partial charge in [0.2, 0.25) is 11.6 Å². The van der Waals surface area contributed by atoms with Crippen LogP contribution in [-0.2, 0) is 0 Å². The maximum Gasteiger partial charge on any atom is 0.228 e. The Bertz CT molecular complexity index is 759. The van der Waals surface area contributed by atoms with Crippen molar-refractivity contribution >= 4 is 33.7 Å². The van der Waals surface area contributed by atoms with E-state index in [-0.39, 0.29) is 6.61 Å². The van der Waals surface area contributed by atoms with E-state index in [0.717, 1.165) is 6.29 Å². The van der Waals surface area contributed by atoms with E-state index in [1.807, 2.05) is 0 Å². The minimum Gasteiger partial charge on any atom is -0.439 e. The van der Waals surface area contributed by atoms with E-state index < -0.39 is 0 Å². The second kappa shape index (κ2) is 7.72. The maximum absolute atomic E-state index is 11.0. The number of aldehydes is 1. The predicted octanol–water partition coefficient (Wildman–Crippen LogP) is 3.43. The number of halogens is 1. The molecule has 0 bridgehead atoms. The number of likely N-dealkylation sites (N-methyl/N-ethyl adjacent to an activating group) is 1. The zero-order valence-corrected chi connectivity index (χ0v) is 13.9. The van der Waals surface area contributed by atoms with E-state index in [1.54, 1.807) is 42.3 Å². The number of carbonyl (C=O) groups is 1. The summed E-state index contributed by atoms with van der Waals surface area (Å²) in [6.45, 7) is 7.50. The van der Waals surface area contributed by atoms with E-state index in [4.69, 9.17) is 16.4 Å². The molecule has 0 saturated carbocycles. The lowest BCUT2D eigenvalue weighted by atomic mass is 10.2. The number of aliphatic hydroxyl groups is 1. The summed E-state index contributed by atoms with van der Waals surface area (Å²) in [5.74, 6) is 1.20. The average molecular weight is 376 g/mol. The van der Waals surface area contributed by atoms with E-state index in [9.17, 15) is 4.79 Å². The van der Waals surface area contributed by atoms with E-state index in [0.29, 0.717) is 39.7 Å². The Morgan fingerprint density at radius 1 is 1.43 bits per heavy atom. The van der Waals surface area contributed by atoms with Crippen molar-refractivity contribution in [3.05, 3.63) is 51.8 Å². The Morgan fingerprint density at radius 3 is 2.87 bits per heavy atom. The summed E-state index contributed by atoms with van der Waals surface area (Å²) in [4.78, 5) is 20.4. The van der Waals surface area contributed by atoms with Crippen molar-refractivity contribution in [3.8, 4) is 11.6 Å². The SMILES string of the molecule is [C-]#[N+]c1ccc(Oc2ccc(Br)c(C=O)c2)nc1N(C)CCO. The molecule has 0 atom stereocenters. The maximum atomic E-state index is 11.0. The fraction of sp³-hybridized carbons (Fsp3) is 0.188. The molecule has 23 heavy (non-hydrogen) atoms. The molecular formula is C16H14BrN3O3. The normalized spacial score (nSPS) is 10.0. The van der Waals surface area contributed by atoms with Gasteiger partial charge in [0, 0.05) is 23.6 Å². The second-order valence-electron chi connectivity index (χ2n) is 4.65. The zero-order chi connectivity index (χ0) is 16.8. The van der Waals surface area contributed by atoms with Crippen LogP contribution in [-0.4, -0.2) is 36.6 Å². The summed E-state index contributed by atoms with van der Waals surface area (Å²) in [7, 11) is 1.74. The van der Waals surface area contributed by atoms with Gasteiger partial charge in [-0.1, -0.05) is 15.9 Å². The zero-order valence-electron chi connectivity index (χ0n) is 12.4. The summed E-state index contributed by atoms with van der Waals surface area (Å²) >= 11 is 3.28. The Labute approximate surface area is 142 Å². The van der Waals surface area contributed by atoms with Gasteiger partial charge in [-0.25, -0.2) is 9.83 Å². The Kier molecular flexibility index (Phi) is 5.68. The Hall–Kier alpha value is -2.43. The number of nitrogens with zero attached hydrogens (tertiary/aromatic N) is 3. The van der Waals surface area contributed by atoms with Gasteiger partial charge < -0.3 is 14.7 Å². The summed E-state index contributed by atoms with van der Waals surface area (Å²) in [5.41, 5.74) is 0.843. The minimum absolute atomic E-state index is 0.0455. The van der Waals surface area contributed by atoms with Crippen LogP contribution >= 0.6 is 15.9 Å². The molecule has 0 aliphatic carbocycles. The van der Waals surface area contributed by atoms with Crippen LogP contribution in [0.5, 0.6) is 11.6 Å². The van der Waals surface area contributed by atoms with Crippen LogP contribution in [0.2, 0.25) is 0 Å². The van der Waals surface area contributed by atoms with Gasteiger partial charge in [0.25, 0.3) is 0 Å². The van der Waals surface area contributed by atoms with Crippen molar-refractivity contribution in [3.63, 3.8) is 0 Å². The van der Waals surface area contributed by atoms with E-state index >= 15 is 0 Å². The Morgan fingerprint density at radius 2 is 2.22 bits per heavy atom. The fourth-order valence-corrected chi connectivity index (χ4v) is 2.24. The molecule has 1 heterocycles. The molecule has 118 valence electrons. The van der Waals surface area contributed by atoms with Gasteiger partial charge in [0.05, 0.1) is 13.2 Å². The van der Waals surface area contributed by atoms with E-state index in [1.165, 1.54) is 0 Å². The third-order valence-corrected chi connectivity index (χ3v) is 3.79. The molecule has 1 aromatic heterocycles. The van der Waals surface area contributed by atoms with Crippen molar-refractivity contribution in [2.24, 2.45) is 0 Å². The van der Waals surface area contributed by atoms with Crippen LogP contribution in [0.25, 0.3) is 4.85 Å². The van der Waals surface area contributed by atoms with Crippen molar-refractivity contribution in [2.45, 2.75) is 0 Å². The molecule has 0 amide bonds. The monoisotopic (exact) mass is 375 g/mol. The number of aliphatic hydroxyl groups excluding tert-OH is 1. The quantitative estimate of drug-likeness (QED) is 0.618. The number of carbonyl (C=O) groups excluding carboxylic acids is 1. The lowest BCUT2D eigenvalue weighted by Crippen LogP contribution is -2.22. The highest BCUT2D eigenvalue weighted by Gasteiger charge is 2.12. The molecular weight excluding hydrogens is 362 g/mol. The molecule has 0 unspecified atom stereocenters. The lowest BCUT2D eigenvalue weighted by molar-refractivity contribution is 0.112. The second-order valence-corrected chi connectivity index (χ2v) is 5.51. The number of rotatable bonds is 6. The smallest absolute Gasteiger partial charge is 0.228 e. The van der Waals surface area contributed by atoms with Crippen molar-refractivity contribution in [1.82, 2.24) is 4.98 Å². The van der Waals surface area contributed by atoms with Crippen LogP contribution < -0.4 is 9.64 Å². The number of benzene rings is 1. The summed E-state index contributed by atoms with van der Waals surface area (Å²) < 4.78 is 6.34. The van der Waals surface area contributed by atoms with Crippen LogP contribution in [0, 0.1) is 6.57 Å². The first-order valence-electron chi connectivity index (χ1n) is 6.72. The van der Waals surface area contributed by atoms with Gasteiger partial charge in [-0.15, -0.1) is 0 Å². The van der Waals surface area contributed by atoms with Crippen molar-refractivity contribution < 1.29 is 14.6 Å². The Balaban J connectivity index is 2.32. The molecule has 2 aromatic rings. The largest absolute Gasteiger partial charge is 0.439 e. The molecule has 2 rings (SSSR count). The van der Waals surface area contributed by atoms with Crippen LogP contribution in [0.15, 0.2) is 34.8 Å². The van der Waals surface area contributed by atoms with Gasteiger partial charge in [0.1, 0.15) is 11.6 Å². The topological polar surface area (TPSA) is 67.0 Å². The highest BCUT2D eigenvalue weighted by molar-refractivity contribution is 9.10. The predicted molar refractivity (Wildman–Crippen MR) is 90.5 cm³/mol. The third kappa shape index (κ3) is 4.06. The fourth-order valence-electron chi connectivity index (χ4n) is 1.90. The molecule has 0 spiro atoms. The van der Waals surface area contributed by atoms with Gasteiger partial charge in [-0.3, -0.25) is 4.79 Å². The summed E-state index contributed by atoms with van der Waals surface area (Å²) in [6.07, 6.45) is 0.729. The number of anilines is 1. The van der Waals surface area contributed by atoms with Gasteiger partial charge >= 0.3 is 0 Å². The molecule has 1 aromatic carbocycles. The minimum atomic E-state index is -0.0455. The van der Waals surface area contributed by atoms with Crippen LogP contribution in [0.3, 0.4) is 0 Å². The highest BCUT2D eigenvalue weighted by Crippen LogP contribution is 2.31. The van der Waals surface area contributed by atoms with Gasteiger partial charge in [0.15, 0.2) is 6.29 Å². The summed E-state index contributed by atoms with van der Waals surface area (Å²) in [6, 6.07) is 8.22. The first-order chi connectivity index (χ1) is 11.1. The first kappa shape index (κ1) is 16.9. The van der Waals surface area contributed by atoms with Crippen molar-refractivity contribution in [2.75, 3.05) is 25.1 Å². The van der Waals surface area contributed by atoms with Gasteiger partial charge in [-0.05, 0) is 30.3 Å². The van der Waals surface area contributed by atoms with Gasteiger partial charge in [-0.2, -0.15) is 0 Å². The molecule has 0 aliphatic rings.